The average Bonchev–Trinajstić information content (AvgIpc) is 2.29. The van der Waals surface area contributed by atoms with E-state index in [1.807, 2.05) is 13.0 Å². The number of benzene rings is 1. The molecule has 2 nitrogen and oxygen atoms in total. The van der Waals surface area contributed by atoms with Gasteiger partial charge in [-0.2, -0.15) is 5.26 Å². The predicted molar refractivity (Wildman–Crippen MR) is 66.6 cm³/mol. The smallest absolute Gasteiger partial charge is 0.0994 e. The molecule has 0 saturated carbocycles. The van der Waals surface area contributed by atoms with Gasteiger partial charge in [0, 0.05) is 18.3 Å². The Hall–Kier alpha value is -1.49. The van der Waals surface area contributed by atoms with Crippen LogP contribution in [0.4, 0.5) is 5.69 Å². The molecule has 1 aliphatic rings. The zero-order valence-electron chi connectivity index (χ0n) is 10.0. The summed E-state index contributed by atoms with van der Waals surface area (Å²) < 4.78 is 0. The fraction of sp³-hybridized carbons (Fsp3) is 0.500. The number of anilines is 1. The lowest BCUT2D eigenvalue weighted by Gasteiger charge is -2.35. The Balaban J connectivity index is 2.27. The van der Waals surface area contributed by atoms with Crippen molar-refractivity contribution < 1.29 is 0 Å². The third kappa shape index (κ3) is 2.04. The molecular weight excluding hydrogens is 196 g/mol. The van der Waals surface area contributed by atoms with Crippen LogP contribution in [0.25, 0.3) is 0 Å². The first kappa shape index (κ1) is 11.0. The van der Waals surface area contributed by atoms with E-state index in [-0.39, 0.29) is 0 Å². The molecule has 1 atom stereocenters. The molecule has 0 aliphatic carbocycles. The molecule has 1 aromatic rings. The largest absolute Gasteiger partial charge is 0.369 e. The molecule has 84 valence electrons. The predicted octanol–water partition coefficient (Wildman–Crippen LogP) is 3.25. The highest BCUT2D eigenvalue weighted by atomic mass is 15.2. The Bertz CT molecular complexity index is 417. The minimum atomic E-state index is 0.626. The number of rotatable bonds is 1. The topological polar surface area (TPSA) is 27.0 Å². The van der Waals surface area contributed by atoms with Crippen molar-refractivity contribution in [2.45, 2.75) is 39.2 Å². The van der Waals surface area contributed by atoms with Crippen molar-refractivity contribution in [1.29, 1.82) is 5.26 Å². The molecule has 0 aromatic heterocycles. The van der Waals surface area contributed by atoms with E-state index in [1.54, 1.807) is 0 Å². The van der Waals surface area contributed by atoms with Crippen molar-refractivity contribution in [2.24, 2.45) is 0 Å². The van der Waals surface area contributed by atoms with Crippen molar-refractivity contribution in [1.82, 2.24) is 0 Å². The van der Waals surface area contributed by atoms with Crippen LogP contribution < -0.4 is 4.90 Å². The second-order valence-electron chi connectivity index (χ2n) is 4.65. The molecular formula is C14H18N2. The Kier molecular flexibility index (Phi) is 3.14. The molecule has 1 saturated heterocycles. The van der Waals surface area contributed by atoms with Gasteiger partial charge in [-0.25, -0.2) is 0 Å². The first-order valence-electron chi connectivity index (χ1n) is 6.00. The lowest BCUT2D eigenvalue weighted by Crippen LogP contribution is -2.37. The fourth-order valence-electron chi connectivity index (χ4n) is 2.43. The summed E-state index contributed by atoms with van der Waals surface area (Å²) in [4.78, 5) is 2.46. The van der Waals surface area contributed by atoms with Gasteiger partial charge >= 0.3 is 0 Å². The van der Waals surface area contributed by atoms with E-state index in [4.69, 9.17) is 5.26 Å². The lowest BCUT2D eigenvalue weighted by molar-refractivity contribution is 0.485. The SMILES string of the molecule is Cc1cc(N2CCCCC2C)ccc1C#N. The molecule has 1 aromatic carbocycles. The van der Waals surface area contributed by atoms with Gasteiger partial charge in [0.15, 0.2) is 0 Å². The zero-order chi connectivity index (χ0) is 11.5. The van der Waals surface area contributed by atoms with Crippen LogP contribution in [0.15, 0.2) is 18.2 Å². The molecule has 1 fully saturated rings. The third-order valence-electron chi connectivity index (χ3n) is 3.47. The van der Waals surface area contributed by atoms with E-state index in [2.05, 4.69) is 30.0 Å². The molecule has 0 amide bonds. The maximum atomic E-state index is 8.91. The van der Waals surface area contributed by atoms with E-state index in [0.717, 1.165) is 17.7 Å². The lowest BCUT2D eigenvalue weighted by atomic mass is 10.0. The standard InChI is InChI=1S/C14H18N2/c1-11-9-14(7-6-13(11)10-15)16-8-4-3-5-12(16)2/h6-7,9,12H,3-5,8H2,1-2H3. The van der Waals surface area contributed by atoms with Gasteiger partial charge < -0.3 is 4.90 Å². The Morgan fingerprint density at radius 3 is 2.81 bits per heavy atom. The van der Waals surface area contributed by atoms with Gasteiger partial charge in [0.25, 0.3) is 0 Å². The quantitative estimate of drug-likeness (QED) is 0.717. The highest BCUT2D eigenvalue weighted by Gasteiger charge is 2.18. The molecule has 1 aliphatic heterocycles. The van der Waals surface area contributed by atoms with Gasteiger partial charge in [-0.05, 0) is 56.9 Å². The number of nitriles is 1. The van der Waals surface area contributed by atoms with E-state index in [9.17, 15) is 0 Å². The minimum absolute atomic E-state index is 0.626. The van der Waals surface area contributed by atoms with Crippen LogP contribution >= 0.6 is 0 Å². The Morgan fingerprint density at radius 1 is 1.38 bits per heavy atom. The monoisotopic (exact) mass is 214 g/mol. The zero-order valence-corrected chi connectivity index (χ0v) is 10.0. The molecule has 2 rings (SSSR count). The van der Waals surface area contributed by atoms with Crippen molar-refractivity contribution in [3.63, 3.8) is 0 Å². The molecule has 16 heavy (non-hydrogen) atoms. The van der Waals surface area contributed by atoms with Crippen LogP contribution in [0, 0.1) is 18.3 Å². The highest BCUT2D eigenvalue weighted by molar-refractivity contribution is 5.54. The summed E-state index contributed by atoms with van der Waals surface area (Å²) in [6, 6.07) is 9.00. The molecule has 0 spiro atoms. The van der Waals surface area contributed by atoms with E-state index in [1.165, 1.54) is 24.9 Å². The number of hydrogen-bond acceptors (Lipinski definition) is 2. The van der Waals surface area contributed by atoms with Crippen molar-refractivity contribution in [3.8, 4) is 6.07 Å². The summed E-state index contributed by atoms with van der Waals surface area (Å²) >= 11 is 0. The van der Waals surface area contributed by atoms with Gasteiger partial charge in [0.05, 0.1) is 11.6 Å². The van der Waals surface area contributed by atoms with Gasteiger partial charge in [-0.3, -0.25) is 0 Å². The first-order chi connectivity index (χ1) is 7.72. The number of aryl methyl sites for hydroxylation is 1. The van der Waals surface area contributed by atoms with Gasteiger partial charge in [0.2, 0.25) is 0 Å². The molecule has 0 N–H and O–H groups in total. The summed E-state index contributed by atoms with van der Waals surface area (Å²) in [5, 5.41) is 8.91. The van der Waals surface area contributed by atoms with Crippen molar-refractivity contribution in [3.05, 3.63) is 29.3 Å². The van der Waals surface area contributed by atoms with Crippen LogP contribution in [-0.4, -0.2) is 12.6 Å². The fourth-order valence-corrected chi connectivity index (χ4v) is 2.43. The Morgan fingerprint density at radius 2 is 2.19 bits per heavy atom. The van der Waals surface area contributed by atoms with Gasteiger partial charge in [-0.15, -0.1) is 0 Å². The summed E-state index contributed by atoms with van der Waals surface area (Å²) in [7, 11) is 0. The maximum Gasteiger partial charge on any atom is 0.0994 e. The van der Waals surface area contributed by atoms with E-state index < -0.39 is 0 Å². The molecule has 0 radical (unpaired) electrons. The number of hydrogen-bond donors (Lipinski definition) is 0. The number of nitrogens with zero attached hydrogens (tertiary/aromatic N) is 2. The summed E-state index contributed by atoms with van der Waals surface area (Å²) in [5.74, 6) is 0. The van der Waals surface area contributed by atoms with Crippen LogP contribution in [0.3, 0.4) is 0 Å². The second kappa shape index (κ2) is 4.57. The van der Waals surface area contributed by atoms with E-state index >= 15 is 0 Å². The minimum Gasteiger partial charge on any atom is -0.369 e. The maximum absolute atomic E-state index is 8.91. The van der Waals surface area contributed by atoms with Crippen molar-refractivity contribution in [2.75, 3.05) is 11.4 Å². The molecule has 0 bridgehead atoms. The Labute approximate surface area is 97.5 Å². The van der Waals surface area contributed by atoms with E-state index in [0.29, 0.717) is 6.04 Å². The average molecular weight is 214 g/mol. The molecule has 1 unspecified atom stereocenters. The summed E-state index contributed by atoms with van der Waals surface area (Å²) in [5.41, 5.74) is 3.13. The number of piperidine rings is 1. The van der Waals surface area contributed by atoms with Crippen LogP contribution in [0.1, 0.15) is 37.3 Å². The van der Waals surface area contributed by atoms with Gasteiger partial charge in [-0.1, -0.05) is 0 Å². The van der Waals surface area contributed by atoms with Crippen LogP contribution in [0.5, 0.6) is 0 Å². The summed E-state index contributed by atoms with van der Waals surface area (Å²) in [6.07, 6.45) is 3.90. The molecule has 1 heterocycles. The third-order valence-corrected chi connectivity index (χ3v) is 3.47. The normalized spacial score (nSPS) is 20.6. The van der Waals surface area contributed by atoms with Crippen molar-refractivity contribution >= 4 is 5.69 Å². The van der Waals surface area contributed by atoms with Crippen LogP contribution in [0.2, 0.25) is 0 Å². The van der Waals surface area contributed by atoms with Crippen LogP contribution in [-0.2, 0) is 0 Å². The molecule has 2 heteroatoms. The van der Waals surface area contributed by atoms with Gasteiger partial charge in [0.1, 0.15) is 0 Å². The summed E-state index contributed by atoms with van der Waals surface area (Å²) in [6.45, 7) is 5.44. The second-order valence-corrected chi connectivity index (χ2v) is 4.65. The highest BCUT2D eigenvalue weighted by Crippen LogP contribution is 2.26. The first-order valence-corrected chi connectivity index (χ1v) is 6.00.